The highest BCUT2D eigenvalue weighted by molar-refractivity contribution is 6.01. The molecule has 26 heavy (non-hydrogen) atoms. The number of benzene rings is 1. The molecule has 1 aromatic rings. The van der Waals surface area contributed by atoms with Crippen molar-refractivity contribution in [1.29, 1.82) is 0 Å². The van der Waals surface area contributed by atoms with Crippen molar-refractivity contribution >= 4 is 12.0 Å². The van der Waals surface area contributed by atoms with E-state index < -0.39 is 0 Å². The van der Waals surface area contributed by atoms with Gasteiger partial charge in [0.2, 0.25) is 0 Å². The van der Waals surface area contributed by atoms with Crippen molar-refractivity contribution < 1.29 is 14.3 Å². The predicted octanol–water partition coefficient (Wildman–Crippen LogP) is 2.30. The fourth-order valence-electron chi connectivity index (χ4n) is 4.37. The van der Waals surface area contributed by atoms with Crippen LogP contribution in [0.1, 0.15) is 18.4 Å². The summed E-state index contributed by atoms with van der Waals surface area (Å²) in [6.07, 6.45) is 7.98. The zero-order chi connectivity index (χ0) is 17.5. The number of hydrogen-bond acceptors (Lipinski definition) is 4. The molecule has 0 aromatic heterocycles. The summed E-state index contributed by atoms with van der Waals surface area (Å²) in [5, 5.41) is 0. The highest BCUT2D eigenvalue weighted by atomic mass is 16.5. The average Bonchev–Trinajstić information content (AvgIpc) is 3.52. The maximum atomic E-state index is 13.1. The molecule has 5 heteroatoms. The minimum absolute atomic E-state index is 0.0785. The van der Waals surface area contributed by atoms with Crippen molar-refractivity contribution in [1.82, 2.24) is 9.80 Å². The summed E-state index contributed by atoms with van der Waals surface area (Å²) in [6, 6.07) is 8.67. The van der Waals surface area contributed by atoms with Crippen LogP contribution in [0.4, 0.5) is 0 Å². The highest BCUT2D eigenvalue weighted by Crippen LogP contribution is 2.38. The molecule has 0 spiro atoms. The molecule has 5 rings (SSSR count). The third-order valence-electron chi connectivity index (χ3n) is 5.93. The van der Waals surface area contributed by atoms with E-state index in [1.165, 1.54) is 12.8 Å². The molecule has 1 aromatic carbocycles. The number of piperazine rings is 1. The number of para-hydroxylation sites is 1. The Morgan fingerprint density at radius 3 is 2.88 bits per heavy atom. The van der Waals surface area contributed by atoms with Crippen molar-refractivity contribution in [3.8, 4) is 5.75 Å². The van der Waals surface area contributed by atoms with Crippen LogP contribution in [0.2, 0.25) is 0 Å². The number of morpholine rings is 1. The van der Waals surface area contributed by atoms with Crippen LogP contribution in [-0.2, 0) is 9.53 Å². The number of hydrogen-bond donors (Lipinski definition) is 0. The van der Waals surface area contributed by atoms with Gasteiger partial charge in [-0.05, 0) is 37.0 Å². The monoisotopic (exact) mass is 352 g/mol. The van der Waals surface area contributed by atoms with Gasteiger partial charge in [0, 0.05) is 36.8 Å². The fraction of sp³-hybridized carbons (Fsp3) is 0.476. The van der Waals surface area contributed by atoms with Crippen LogP contribution in [0.15, 0.2) is 42.2 Å². The first kappa shape index (κ1) is 16.1. The number of carbonyl (C=O) groups excluding carboxylic acids is 1. The molecule has 5 nitrogen and oxygen atoms in total. The quantitative estimate of drug-likeness (QED) is 0.819. The lowest BCUT2D eigenvalue weighted by Gasteiger charge is -2.48. The Morgan fingerprint density at radius 1 is 1.12 bits per heavy atom. The standard InChI is InChI=1S/C21H24N2O3/c24-21(17-7-10-26-20-4-2-1-3-16(20)11-17)22-8-9-23-18(12-22)13-25-14-19(23)15-5-6-15/h1-4,7,10-11,15,18-19H,5-6,8-9,12-14H2/t18-,19-/m1/s1. The van der Waals surface area contributed by atoms with Gasteiger partial charge in [-0.15, -0.1) is 0 Å². The summed E-state index contributed by atoms with van der Waals surface area (Å²) in [5.41, 5.74) is 1.62. The van der Waals surface area contributed by atoms with E-state index in [1.807, 2.05) is 35.2 Å². The van der Waals surface area contributed by atoms with Gasteiger partial charge >= 0.3 is 0 Å². The number of fused-ring (bicyclic) bond motifs is 2. The topological polar surface area (TPSA) is 42.0 Å². The van der Waals surface area contributed by atoms with Crippen molar-refractivity contribution in [2.45, 2.75) is 24.9 Å². The molecule has 3 heterocycles. The second-order valence-corrected chi connectivity index (χ2v) is 7.64. The highest BCUT2D eigenvalue weighted by Gasteiger charge is 2.43. The maximum Gasteiger partial charge on any atom is 0.254 e. The van der Waals surface area contributed by atoms with E-state index in [-0.39, 0.29) is 5.91 Å². The van der Waals surface area contributed by atoms with Gasteiger partial charge in [-0.3, -0.25) is 9.69 Å². The number of carbonyl (C=O) groups is 1. The Kier molecular flexibility index (Phi) is 4.06. The molecule has 0 radical (unpaired) electrons. The first-order chi connectivity index (χ1) is 12.8. The Labute approximate surface area is 153 Å². The molecule has 3 fully saturated rings. The second-order valence-electron chi connectivity index (χ2n) is 7.64. The van der Waals surface area contributed by atoms with Crippen molar-refractivity contribution in [2.24, 2.45) is 5.92 Å². The van der Waals surface area contributed by atoms with Gasteiger partial charge in [-0.2, -0.15) is 0 Å². The minimum atomic E-state index is 0.0785. The van der Waals surface area contributed by atoms with E-state index in [9.17, 15) is 4.79 Å². The molecule has 1 saturated carbocycles. The Balaban J connectivity index is 1.33. The zero-order valence-corrected chi connectivity index (χ0v) is 14.8. The van der Waals surface area contributed by atoms with Crippen LogP contribution in [0.3, 0.4) is 0 Å². The van der Waals surface area contributed by atoms with Crippen molar-refractivity contribution in [2.75, 3.05) is 32.8 Å². The molecule has 4 aliphatic rings. The zero-order valence-electron chi connectivity index (χ0n) is 14.8. The van der Waals surface area contributed by atoms with E-state index in [0.29, 0.717) is 17.7 Å². The third kappa shape index (κ3) is 2.95. The van der Waals surface area contributed by atoms with Crippen LogP contribution in [0.25, 0.3) is 6.08 Å². The molecular formula is C21H24N2O3. The largest absolute Gasteiger partial charge is 0.464 e. The summed E-state index contributed by atoms with van der Waals surface area (Å²) >= 11 is 0. The molecule has 2 atom stereocenters. The van der Waals surface area contributed by atoms with Gasteiger partial charge in [-0.25, -0.2) is 0 Å². The first-order valence-corrected chi connectivity index (χ1v) is 9.56. The lowest BCUT2D eigenvalue weighted by atomic mass is 10.0. The first-order valence-electron chi connectivity index (χ1n) is 9.56. The van der Waals surface area contributed by atoms with Gasteiger partial charge in [0.05, 0.1) is 25.5 Å². The molecule has 0 bridgehead atoms. The van der Waals surface area contributed by atoms with Crippen LogP contribution >= 0.6 is 0 Å². The Morgan fingerprint density at radius 2 is 2.00 bits per heavy atom. The SMILES string of the molecule is O=C(C1=Cc2ccccc2OC=C1)N1CCN2[C@@H](COC[C@@H]2C2CC2)C1. The van der Waals surface area contributed by atoms with E-state index in [2.05, 4.69) is 4.90 Å². The number of rotatable bonds is 2. The van der Waals surface area contributed by atoms with Gasteiger partial charge in [0.1, 0.15) is 5.75 Å². The van der Waals surface area contributed by atoms with Crippen LogP contribution in [0, 0.1) is 5.92 Å². The van der Waals surface area contributed by atoms with Crippen LogP contribution < -0.4 is 4.74 Å². The smallest absolute Gasteiger partial charge is 0.254 e. The number of nitrogens with zero attached hydrogens (tertiary/aromatic N) is 2. The molecule has 136 valence electrons. The fourth-order valence-corrected chi connectivity index (χ4v) is 4.37. The maximum absolute atomic E-state index is 13.1. The van der Waals surface area contributed by atoms with Crippen molar-refractivity contribution in [3.63, 3.8) is 0 Å². The minimum Gasteiger partial charge on any atom is -0.464 e. The van der Waals surface area contributed by atoms with Gasteiger partial charge in [0.25, 0.3) is 5.91 Å². The van der Waals surface area contributed by atoms with Crippen molar-refractivity contribution in [3.05, 3.63) is 47.7 Å². The molecule has 0 unspecified atom stereocenters. The Bertz CT molecular complexity index is 768. The summed E-state index contributed by atoms with van der Waals surface area (Å²) in [7, 11) is 0. The second kappa shape index (κ2) is 6.56. The lowest BCUT2D eigenvalue weighted by molar-refractivity contribution is -0.136. The summed E-state index contributed by atoms with van der Waals surface area (Å²) in [6.45, 7) is 4.07. The molecule has 0 N–H and O–H groups in total. The molecule has 1 amide bonds. The van der Waals surface area contributed by atoms with Gasteiger partial charge in [0.15, 0.2) is 0 Å². The normalized spacial score (nSPS) is 28.5. The summed E-state index contributed by atoms with van der Waals surface area (Å²) in [4.78, 5) is 17.7. The van der Waals surface area contributed by atoms with E-state index in [0.717, 1.165) is 50.1 Å². The summed E-state index contributed by atoms with van der Waals surface area (Å²) < 4.78 is 11.5. The predicted molar refractivity (Wildman–Crippen MR) is 98.6 cm³/mol. The Hall–Kier alpha value is -2.11. The molecule has 2 saturated heterocycles. The third-order valence-corrected chi connectivity index (χ3v) is 5.93. The number of amides is 1. The average molecular weight is 352 g/mol. The van der Waals surface area contributed by atoms with Crippen LogP contribution in [-0.4, -0.2) is 60.6 Å². The van der Waals surface area contributed by atoms with E-state index in [1.54, 1.807) is 12.3 Å². The van der Waals surface area contributed by atoms with E-state index >= 15 is 0 Å². The lowest BCUT2D eigenvalue weighted by Crippen LogP contribution is -2.63. The molecule has 1 aliphatic carbocycles. The van der Waals surface area contributed by atoms with E-state index in [4.69, 9.17) is 9.47 Å². The van der Waals surface area contributed by atoms with Crippen LogP contribution in [0.5, 0.6) is 5.75 Å². The molecular weight excluding hydrogens is 328 g/mol. The van der Waals surface area contributed by atoms with Gasteiger partial charge in [-0.1, -0.05) is 18.2 Å². The summed E-state index contributed by atoms with van der Waals surface area (Å²) in [5.74, 6) is 1.67. The van der Waals surface area contributed by atoms with Gasteiger partial charge < -0.3 is 14.4 Å². The molecule has 3 aliphatic heterocycles. The number of ether oxygens (including phenoxy) is 2.